The third-order valence-corrected chi connectivity index (χ3v) is 2.50. The molecule has 0 fully saturated rings. The first-order valence-electron chi connectivity index (χ1n) is 6.54. The van der Waals surface area contributed by atoms with Gasteiger partial charge in [-0.05, 0) is 0 Å². The summed E-state index contributed by atoms with van der Waals surface area (Å²) in [5, 5.41) is 6.28. The maximum absolute atomic E-state index is 5.38. The van der Waals surface area contributed by atoms with Crippen LogP contribution in [0.15, 0.2) is 6.07 Å². The van der Waals surface area contributed by atoms with Crippen LogP contribution in [0.25, 0.3) is 0 Å². The minimum Gasteiger partial charge on any atom is -0.382 e. The fraction of sp³-hybridized carbons (Fsp3) is 0.692. The summed E-state index contributed by atoms with van der Waals surface area (Å²) in [4.78, 5) is 8.88. The number of ether oxygens (including phenoxy) is 2. The molecule has 0 saturated carbocycles. The molecule has 6 heteroatoms. The molecule has 0 aliphatic rings. The predicted octanol–water partition coefficient (Wildman–Crippen LogP) is 1.72. The minimum absolute atomic E-state index is 0.298. The van der Waals surface area contributed by atoms with Gasteiger partial charge >= 0.3 is 0 Å². The van der Waals surface area contributed by atoms with Crippen molar-refractivity contribution in [1.29, 1.82) is 0 Å². The molecular weight excluding hydrogens is 244 g/mol. The molecule has 0 radical (unpaired) electrons. The first-order chi connectivity index (χ1) is 9.17. The number of methoxy groups -OCH3 is 1. The Labute approximate surface area is 114 Å². The lowest BCUT2D eigenvalue weighted by molar-refractivity contribution is 0.0759. The molecule has 1 rings (SSSR count). The Bertz CT molecular complexity index is 372. The van der Waals surface area contributed by atoms with Crippen molar-refractivity contribution in [2.75, 3.05) is 51.2 Å². The van der Waals surface area contributed by atoms with E-state index in [1.807, 2.05) is 13.1 Å². The van der Waals surface area contributed by atoms with Crippen LogP contribution in [0.1, 0.15) is 25.6 Å². The van der Waals surface area contributed by atoms with Gasteiger partial charge in [0.15, 0.2) is 0 Å². The highest BCUT2D eigenvalue weighted by molar-refractivity contribution is 5.47. The SMILES string of the molecule is CNc1cc(NCCOCCOC)nc(C(C)C)n1. The van der Waals surface area contributed by atoms with E-state index in [0.717, 1.165) is 17.5 Å². The van der Waals surface area contributed by atoms with Gasteiger partial charge in [0, 0.05) is 32.7 Å². The highest BCUT2D eigenvalue weighted by Crippen LogP contribution is 2.16. The number of aromatic nitrogens is 2. The Morgan fingerprint density at radius 3 is 2.53 bits per heavy atom. The molecule has 0 atom stereocenters. The van der Waals surface area contributed by atoms with Crippen LogP contribution in [-0.4, -0.2) is 50.5 Å². The second-order valence-corrected chi connectivity index (χ2v) is 4.43. The number of nitrogens with zero attached hydrogens (tertiary/aromatic N) is 2. The fourth-order valence-electron chi connectivity index (χ4n) is 1.44. The second kappa shape index (κ2) is 8.66. The highest BCUT2D eigenvalue weighted by atomic mass is 16.5. The number of hydrogen-bond acceptors (Lipinski definition) is 6. The summed E-state index contributed by atoms with van der Waals surface area (Å²) >= 11 is 0. The number of hydrogen-bond donors (Lipinski definition) is 2. The van der Waals surface area contributed by atoms with Gasteiger partial charge in [-0.3, -0.25) is 0 Å². The van der Waals surface area contributed by atoms with E-state index in [2.05, 4.69) is 34.4 Å². The standard InChI is InChI=1S/C13H24N4O2/c1-10(2)13-16-11(14-3)9-12(17-13)15-5-6-19-8-7-18-4/h9-10H,5-8H2,1-4H3,(H2,14,15,16,17). The topological polar surface area (TPSA) is 68.3 Å². The molecule has 1 aromatic rings. The van der Waals surface area contributed by atoms with Crippen LogP contribution in [0, 0.1) is 0 Å². The molecule has 0 aromatic carbocycles. The molecular formula is C13H24N4O2. The molecule has 0 amide bonds. The smallest absolute Gasteiger partial charge is 0.135 e. The molecule has 19 heavy (non-hydrogen) atoms. The molecule has 108 valence electrons. The predicted molar refractivity (Wildman–Crippen MR) is 76.9 cm³/mol. The van der Waals surface area contributed by atoms with E-state index < -0.39 is 0 Å². The van der Waals surface area contributed by atoms with Gasteiger partial charge in [0.05, 0.1) is 19.8 Å². The molecule has 0 spiro atoms. The summed E-state index contributed by atoms with van der Waals surface area (Å²) in [6.07, 6.45) is 0. The molecule has 2 N–H and O–H groups in total. The minimum atomic E-state index is 0.298. The molecule has 6 nitrogen and oxygen atoms in total. The quantitative estimate of drug-likeness (QED) is 0.665. The third-order valence-electron chi connectivity index (χ3n) is 2.50. The zero-order valence-electron chi connectivity index (χ0n) is 12.2. The average molecular weight is 268 g/mol. The van der Waals surface area contributed by atoms with Crippen LogP contribution < -0.4 is 10.6 Å². The number of anilines is 2. The monoisotopic (exact) mass is 268 g/mol. The van der Waals surface area contributed by atoms with E-state index in [1.54, 1.807) is 7.11 Å². The van der Waals surface area contributed by atoms with Crippen molar-refractivity contribution in [2.24, 2.45) is 0 Å². The molecule has 0 saturated heterocycles. The van der Waals surface area contributed by atoms with Crippen molar-refractivity contribution in [3.05, 3.63) is 11.9 Å². The van der Waals surface area contributed by atoms with Gasteiger partial charge in [-0.1, -0.05) is 13.8 Å². The molecule has 0 aliphatic carbocycles. The first kappa shape index (κ1) is 15.7. The van der Waals surface area contributed by atoms with Gasteiger partial charge < -0.3 is 20.1 Å². The number of rotatable bonds is 9. The Morgan fingerprint density at radius 2 is 1.89 bits per heavy atom. The average Bonchev–Trinajstić information content (AvgIpc) is 2.42. The highest BCUT2D eigenvalue weighted by Gasteiger charge is 2.07. The first-order valence-corrected chi connectivity index (χ1v) is 6.54. The number of nitrogens with one attached hydrogen (secondary N) is 2. The fourth-order valence-corrected chi connectivity index (χ4v) is 1.44. The lowest BCUT2D eigenvalue weighted by atomic mass is 10.2. The van der Waals surface area contributed by atoms with Gasteiger partial charge in [0.1, 0.15) is 17.5 Å². The largest absolute Gasteiger partial charge is 0.382 e. The van der Waals surface area contributed by atoms with Gasteiger partial charge in [-0.25, -0.2) is 9.97 Å². The van der Waals surface area contributed by atoms with E-state index in [-0.39, 0.29) is 0 Å². The summed E-state index contributed by atoms with van der Waals surface area (Å²) in [7, 11) is 3.51. The normalized spacial score (nSPS) is 10.8. The Kier molecular flexibility index (Phi) is 7.14. The van der Waals surface area contributed by atoms with Gasteiger partial charge in [0.25, 0.3) is 0 Å². The molecule has 0 unspecified atom stereocenters. The summed E-state index contributed by atoms with van der Waals surface area (Å²) in [6, 6.07) is 1.89. The second-order valence-electron chi connectivity index (χ2n) is 4.43. The summed E-state index contributed by atoms with van der Waals surface area (Å²) in [6.45, 7) is 6.72. The van der Waals surface area contributed by atoms with Gasteiger partial charge in [-0.15, -0.1) is 0 Å². The zero-order valence-corrected chi connectivity index (χ0v) is 12.2. The third kappa shape index (κ3) is 5.85. The van der Waals surface area contributed by atoms with E-state index in [9.17, 15) is 0 Å². The summed E-state index contributed by atoms with van der Waals surface area (Å²) in [5.41, 5.74) is 0. The lowest BCUT2D eigenvalue weighted by Gasteiger charge is -2.11. The summed E-state index contributed by atoms with van der Waals surface area (Å²) < 4.78 is 10.3. The van der Waals surface area contributed by atoms with Gasteiger partial charge in [0.2, 0.25) is 0 Å². The lowest BCUT2D eigenvalue weighted by Crippen LogP contribution is -2.14. The zero-order chi connectivity index (χ0) is 14.1. The van der Waals surface area contributed by atoms with E-state index in [1.165, 1.54) is 0 Å². The Morgan fingerprint density at radius 1 is 1.16 bits per heavy atom. The van der Waals surface area contributed by atoms with Crippen LogP contribution in [0.4, 0.5) is 11.6 Å². The van der Waals surface area contributed by atoms with Crippen molar-refractivity contribution in [3.8, 4) is 0 Å². The van der Waals surface area contributed by atoms with Gasteiger partial charge in [-0.2, -0.15) is 0 Å². The van der Waals surface area contributed by atoms with Crippen LogP contribution in [-0.2, 0) is 9.47 Å². The van der Waals surface area contributed by atoms with Crippen molar-refractivity contribution in [3.63, 3.8) is 0 Å². The van der Waals surface area contributed by atoms with Crippen LogP contribution >= 0.6 is 0 Å². The van der Waals surface area contributed by atoms with Crippen molar-refractivity contribution in [1.82, 2.24) is 9.97 Å². The Balaban J connectivity index is 2.46. The molecule has 0 bridgehead atoms. The van der Waals surface area contributed by atoms with Crippen molar-refractivity contribution < 1.29 is 9.47 Å². The Hall–Kier alpha value is -1.40. The summed E-state index contributed by atoms with van der Waals surface area (Å²) in [5.74, 6) is 2.77. The van der Waals surface area contributed by atoms with E-state index in [0.29, 0.717) is 32.3 Å². The maximum atomic E-state index is 5.38. The molecule has 0 aliphatic heterocycles. The maximum Gasteiger partial charge on any atom is 0.135 e. The van der Waals surface area contributed by atoms with Crippen molar-refractivity contribution in [2.45, 2.75) is 19.8 Å². The van der Waals surface area contributed by atoms with Crippen LogP contribution in [0.3, 0.4) is 0 Å². The van der Waals surface area contributed by atoms with E-state index >= 15 is 0 Å². The molecule has 1 aromatic heterocycles. The van der Waals surface area contributed by atoms with E-state index in [4.69, 9.17) is 9.47 Å². The molecule has 1 heterocycles. The van der Waals surface area contributed by atoms with Crippen LogP contribution in [0.5, 0.6) is 0 Å². The van der Waals surface area contributed by atoms with Crippen LogP contribution in [0.2, 0.25) is 0 Å². The van der Waals surface area contributed by atoms with Crippen molar-refractivity contribution >= 4 is 11.6 Å².